The Labute approximate surface area is 115 Å². The molecule has 1 aromatic heterocycles. The molecular formula is C14H15BrN2O. The van der Waals surface area contributed by atoms with Gasteiger partial charge in [0.15, 0.2) is 0 Å². The normalized spacial score (nSPS) is 14.2. The summed E-state index contributed by atoms with van der Waals surface area (Å²) in [6.45, 7) is 1.78. The topological polar surface area (TPSA) is 59.1 Å². The number of aliphatic hydroxyl groups is 1. The number of pyridine rings is 1. The van der Waals surface area contributed by atoms with Gasteiger partial charge < -0.3 is 10.8 Å². The molecule has 0 radical (unpaired) electrons. The van der Waals surface area contributed by atoms with Crippen LogP contribution in [0.5, 0.6) is 0 Å². The zero-order valence-corrected chi connectivity index (χ0v) is 11.7. The van der Waals surface area contributed by atoms with E-state index in [0.717, 1.165) is 15.6 Å². The van der Waals surface area contributed by atoms with Gasteiger partial charge in [-0.2, -0.15) is 0 Å². The van der Waals surface area contributed by atoms with Crippen molar-refractivity contribution in [3.63, 3.8) is 0 Å². The van der Waals surface area contributed by atoms with Gasteiger partial charge in [0, 0.05) is 17.1 Å². The van der Waals surface area contributed by atoms with E-state index in [1.807, 2.05) is 36.4 Å². The van der Waals surface area contributed by atoms with Crippen LogP contribution in [0.4, 0.5) is 5.82 Å². The Morgan fingerprint density at radius 1 is 1.28 bits per heavy atom. The van der Waals surface area contributed by atoms with E-state index in [1.165, 1.54) is 0 Å². The van der Waals surface area contributed by atoms with Gasteiger partial charge in [-0.3, -0.25) is 0 Å². The number of benzene rings is 1. The van der Waals surface area contributed by atoms with E-state index >= 15 is 0 Å². The third-order valence-electron chi connectivity index (χ3n) is 2.91. The third kappa shape index (κ3) is 2.71. The molecule has 18 heavy (non-hydrogen) atoms. The molecule has 0 bridgehead atoms. The second kappa shape index (κ2) is 5.08. The first-order valence-electron chi connectivity index (χ1n) is 5.67. The lowest BCUT2D eigenvalue weighted by Crippen LogP contribution is -2.25. The minimum absolute atomic E-state index is 0.426. The standard InChI is InChI=1S/C14H15BrN2O/c1-14(18,11-6-2-3-7-12(11)15)9-10-5-4-8-17-13(10)16/h2-8,18H,9H2,1H3,(H2,16,17). The van der Waals surface area contributed by atoms with Crippen LogP contribution < -0.4 is 5.73 Å². The van der Waals surface area contributed by atoms with Crippen molar-refractivity contribution in [2.45, 2.75) is 18.9 Å². The molecule has 0 amide bonds. The monoisotopic (exact) mass is 306 g/mol. The second-order valence-corrected chi connectivity index (χ2v) is 5.33. The lowest BCUT2D eigenvalue weighted by atomic mass is 9.89. The molecule has 0 spiro atoms. The number of hydrogen-bond donors (Lipinski definition) is 2. The Balaban J connectivity index is 2.33. The zero-order valence-electron chi connectivity index (χ0n) is 10.1. The summed E-state index contributed by atoms with van der Waals surface area (Å²) in [5.74, 6) is 0.463. The Bertz CT molecular complexity index is 555. The summed E-state index contributed by atoms with van der Waals surface area (Å²) in [6.07, 6.45) is 2.07. The largest absolute Gasteiger partial charge is 0.385 e. The zero-order chi connectivity index (χ0) is 13.2. The molecule has 0 saturated carbocycles. The van der Waals surface area contributed by atoms with E-state index in [1.54, 1.807) is 13.1 Å². The molecule has 3 nitrogen and oxygen atoms in total. The van der Waals surface area contributed by atoms with Gasteiger partial charge in [0.1, 0.15) is 5.82 Å². The molecular weight excluding hydrogens is 292 g/mol. The Hall–Kier alpha value is -1.39. The second-order valence-electron chi connectivity index (χ2n) is 4.48. The molecule has 1 unspecified atom stereocenters. The first-order chi connectivity index (χ1) is 8.50. The average Bonchev–Trinajstić information content (AvgIpc) is 2.32. The molecule has 1 heterocycles. The summed E-state index contributed by atoms with van der Waals surface area (Å²) in [5, 5.41) is 10.6. The molecule has 0 fully saturated rings. The van der Waals surface area contributed by atoms with Crippen molar-refractivity contribution in [3.8, 4) is 0 Å². The van der Waals surface area contributed by atoms with E-state index in [2.05, 4.69) is 20.9 Å². The van der Waals surface area contributed by atoms with Gasteiger partial charge in [-0.25, -0.2) is 4.98 Å². The number of hydrogen-bond acceptors (Lipinski definition) is 3. The van der Waals surface area contributed by atoms with Crippen LogP contribution in [0, 0.1) is 0 Å². The highest BCUT2D eigenvalue weighted by Gasteiger charge is 2.26. The number of nitrogens with zero attached hydrogens (tertiary/aromatic N) is 1. The summed E-state index contributed by atoms with van der Waals surface area (Å²) in [4.78, 5) is 4.03. The van der Waals surface area contributed by atoms with Crippen LogP contribution >= 0.6 is 15.9 Å². The van der Waals surface area contributed by atoms with E-state index < -0.39 is 5.60 Å². The minimum atomic E-state index is -0.989. The Morgan fingerprint density at radius 3 is 2.67 bits per heavy atom. The molecule has 1 aromatic carbocycles. The molecule has 1 atom stereocenters. The number of rotatable bonds is 3. The van der Waals surface area contributed by atoms with Gasteiger partial charge in [-0.15, -0.1) is 0 Å². The molecule has 0 aliphatic heterocycles. The van der Waals surface area contributed by atoms with Gasteiger partial charge in [0.2, 0.25) is 0 Å². The molecule has 4 heteroatoms. The predicted molar refractivity (Wildman–Crippen MR) is 76.1 cm³/mol. The fourth-order valence-electron chi connectivity index (χ4n) is 1.96. The summed E-state index contributed by atoms with van der Waals surface area (Å²) >= 11 is 3.46. The van der Waals surface area contributed by atoms with E-state index in [0.29, 0.717) is 12.2 Å². The minimum Gasteiger partial charge on any atom is -0.385 e. The van der Waals surface area contributed by atoms with E-state index in [9.17, 15) is 5.11 Å². The summed E-state index contributed by atoms with van der Waals surface area (Å²) in [5.41, 5.74) is 6.51. The Kier molecular flexibility index (Phi) is 3.68. The summed E-state index contributed by atoms with van der Waals surface area (Å²) in [6, 6.07) is 11.3. The molecule has 2 rings (SSSR count). The molecule has 0 saturated heterocycles. The predicted octanol–water partition coefficient (Wildman–Crippen LogP) is 2.88. The van der Waals surface area contributed by atoms with Crippen molar-refractivity contribution in [2.24, 2.45) is 0 Å². The maximum Gasteiger partial charge on any atom is 0.126 e. The van der Waals surface area contributed by atoms with Crippen LogP contribution in [-0.4, -0.2) is 10.1 Å². The van der Waals surface area contributed by atoms with Crippen molar-refractivity contribution in [1.29, 1.82) is 0 Å². The highest BCUT2D eigenvalue weighted by molar-refractivity contribution is 9.10. The maximum absolute atomic E-state index is 10.6. The number of halogens is 1. The van der Waals surface area contributed by atoms with Crippen molar-refractivity contribution >= 4 is 21.7 Å². The summed E-state index contributed by atoms with van der Waals surface area (Å²) < 4.78 is 0.887. The highest BCUT2D eigenvalue weighted by Crippen LogP contribution is 2.31. The highest BCUT2D eigenvalue weighted by atomic mass is 79.9. The summed E-state index contributed by atoms with van der Waals surface area (Å²) in [7, 11) is 0. The van der Waals surface area contributed by atoms with Crippen LogP contribution in [0.3, 0.4) is 0 Å². The quantitative estimate of drug-likeness (QED) is 0.916. The molecule has 94 valence electrons. The van der Waals surface area contributed by atoms with Crippen LogP contribution in [0.25, 0.3) is 0 Å². The van der Waals surface area contributed by atoms with Gasteiger partial charge in [0.25, 0.3) is 0 Å². The van der Waals surface area contributed by atoms with Crippen LogP contribution in [0.2, 0.25) is 0 Å². The Morgan fingerprint density at radius 2 is 2.00 bits per heavy atom. The molecule has 0 aliphatic rings. The van der Waals surface area contributed by atoms with E-state index in [4.69, 9.17) is 5.73 Å². The number of anilines is 1. The van der Waals surface area contributed by atoms with Crippen molar-refractivity contribution in [3.05, 3.63) is 58.2 Å². The van der Waals surface area contributed by atoms with Gasteiger partial charge >= 0.3 is 0 Å². The van der Waals surface area contributed by atoms with Crippen molar-refractivity contribution in [2.75, 3.05) is 5.73 Å². The lowest BCUT2D eigenvalue weighted by Gasteiger charge is -2.25. The van der Waals surface area contributed by atoms with Crippen molar-refractivity contribution in [1.82, 2.24) is 4.98 Å². The third-order valence-corrected chi connectivity index (χ3v) is 3.61. The number of nitrogens with two attached hydrogens (primary N) is 1. The van der Waals surface area contributed by atoms with Gasteiger partial charge in [-0.1, -0.05) is 40.2 Å². The molecule has 3 N–H and O–H groups in total. The van der Waals surface area contributed by atoms with Crippen LogP contribution in [0.15, 0.2) is 47.1 Å². The SMILES string of the molecule is CC(O)(Cc1cccnc1N)c1ccccc1Br. The fraction of sp³-hybridized carbons (Fsp3) is 0.214. The maximum atomic E-state index is 10.6. The average molecular weight is 307 g/mol. The smallest absolute Gasteiger partial charge is 0.126 e. The van der Waals surface area contributed by atoms with Gasteiger partial charge in [0.05, 0.1) is 5.60 Å². The van der Waals surface area contributed by atoms with Crippen LogP contribution in [0.1, 0.15) is 18.1 Å². The van der Waals surface area contributed by atoms with Gasteiger partial charge in [-0.05, 0) is 30.2 Å². The van der Waals surface area contributed by atoms with Crippen molar-refractivity contribution < 1.29 is 5.11 Å². The first-order valence-corrected chi connectivity index (χ1v) is 6.47. The molecule has 0 aliphatic carbocycles. The number of aromatic nitrogens is 1. The van der Waals surface area contributed by atoms with E-state index in [-0.39, 0.29) is 0 Å². The number of nitrogen functional groups attached to an aromatic ring is 1. The van der Waals surface area contributed by atoms with Crippen LogP contribution in [-0.2, 0) is 12.0 Å². The fourth-order valence-corrected chi connectivity index (χ4v) is 2.68. The lowest BCUT2D eigenvalue weighted by molar-refractivity contribution is 0.0570. The first kappa shape index (κ1) is 13.1. The molecule has 2 aromatic rings.